The van der Waals surface area contributed by atoms with E-state index >= 15 is 0 Å². The maximum absolute atomic E-state index is 13.6. The zero-order valence-electron chi connectivity index (χ0n) is 19.8. The van der Waals surface area contributed by atoms with Crippen LogP contribution in [-0.4, -0.2) is 46.6 Å². The van der Waals surface area contributed by atoms with Gasteiger partial charge in [0.25, 0.3) is 0 Å². The Kier molecular flexibility index (Phi) is 7.25. The summed E-state index contributed by atoms with van der Waals surface area (Å²) < 4.78 is 5.04. The molecule has 35 heavy (non-hydrogen) atoms. The molecule has 1 aliphatic rings. The lowest BCUT2D eigenvalue weighted by atomic mass is 9.77. The fraction of sp³-hybridized carbons (Fsp3) is 0.360. The number of carbonyl (C=O) groups excluding carboxylic acids is 2. The number of amides is 2. The number of allylic oxidation sites excluding steroid dienone is 1. The monoisotopic (exact) mass is 496 g/mol. The van der Waals surface area contributed by atoms with Crippen LogP contribution in [0.15, 0.2) is 55.2 Å². The van der Waals surface area contributed by atoms with Crippen LogP contribution in [0.3, 0.4) is 0 Å². The highest BCUT2D eigenvalue weighted by Crippen LogP contribution is 2.35. The molecular formula is C25H29ClN6O3. The average molecular weight is 497 g/mol. The van der Waals surface area contributed by atoms with Crippen LogP contribution in [0.1, 0.15) is 38.3 Å². The zero-order chi connectivity index (χ0) is 25.0. The quantitative estimate of drug-likeness (QED) is 0.419. The van der Waals surface area contributed by atoms with Crippen LogP contribution in [0.25, 0.3) is 11.0 Å². The lowest BCUT2D eigenvalue weighted by molar-refractivity contribution is -0.132. The Morgan fingerprint density at radius 2 is 1.94 bits per heavy atom. The number of rotatable bonds is 7. The molecule has 2 aromatic heterocycles. The Hall–Kier alpha value is -3.59. The molecular weight excluding hydrogens is 468 g/mol. The third-order valence-electron chi connectivity index (χ3n) is 6.39. The summed E-state index contributed by atoms with van der Waals surface area (Å²) in [4.78, 5) is 39.8. The number of hydrogen-bond donors (Lipinski definition) is 3. The second-order valence-corrected chi connectivity index (χ2v) is 9.33. The summed E-state index contributed by atoms with van der Waals surface area (Å²) >= 11 is 6.00. The van der Waals surface area contributed by atoms with Gasteiger partial charge in [-0.3, -0.25) is 4.79 Å². The van der Waals surface area contributed by atoms with Gasteiger partial charge in [-0.1, -0.05) is 30.3 Å². The van der Waals surface area contributed by atoms with E-state index in [2.05, 4.69) is 37.1 Å². The predicted molar refractivity (Wildman–Crippen MR) is 135 cm³/mol. The second kappa shape index (κ2) is 10.4. The molecule has 3 aromatic rings. The number of fused-ring (bicyclic) bond motifs is 1. The standard InChI is InChI=1S/C25H29ClN6O3/c1-16(2)35-24(34)28-14-25(23(33)31-17(3)18-4-6-19(26)7-5-18)9-12-32(13-10-25)22-20-8-11-27-21(20)29-15-30-22/h4-8,11,15,17H,1,9-10,12-14H2,2-3H3,(H,28,34)(H,31,33)(H,27,29,30)/t17-/m0/s1. The van der Waals surface area contributed by atoms with Gasteiger partial charge in [-0.25, -0.2) is 14.8 Å². The molecule has 0 radical (unpaired) electrons. The van der Waals surface area contributed by atoms with E-state index in [1.807, 2.05) is 31.3 Å². The van der Waals surface area contributed by atoms with Gasteiger partial charge >= 0.3 is 6.09 Å². The topological polar surface area (TPSA) is 112 Å². The molecule has 3 heterocycles. The summed E-state index contributed by atoms with van der Waals surface area (Å²) in [5.41, 5.74) is 0.904. The van der Waals surface area contributed by atoms with Gasteiger partial charge in [0.1, 0.15) is 17.8 Å². The number of ether oxygens (including phenoxy) is 1. The maximum atomic E-state index is 13.6. The molecule has 1 atom stereocenters. The van der Waals surface area contributed by atoms with Crippen LogP contribution in [-0.2, 0) is 9.53 Å². The molecule has 1 aromatic carbocycles. The molecule has 0 saturated carbocycles. The van der Waals surface area contributed by atoms with Crippen LogP contribution in [0.5, 0.6) is 0 Å². The minimum Gasteiger partial charge on any atom is -0.416 e. The van der Waals surface area contributed by atoms with Crippen molar-refractivity contribution < 1.29 is 14.3 Å². The Morgan fingerprint density at radius 3 is 2.63 bits per heavy atom. The lowest BCUT2D eigenvalue weighted by Gasteiger charge is -2.41. The summed E-state index contributed by atoms with van der Waals surface area (Å²) in [6.07, 6.45) is 3.79. The van der Waals surface area contributed by atoms with Gasteiger partial charge < -0.3 is 25.3 Å². The number of hydrogen-bond acceptors (Lipinski definition) is 6. The number of benzene rings is 1. The first kappa shape index (κ1) is 24.5. The number of H-pyrrole nitrogens is 1. The van der Waals surface area contributed by atoms with E-state index in [9.17, 15) is 9.59 Å². The Balaban J connectivity index is 1.51. The van der Waals surface area contributed by atoms with Gasteiger partial charge in [0.05, 0.1) is 22.6 Å². The predicted octanol–water partition coefficient (Wildman–Crippen LogP) is 4.34. The van der Waals surface area contributed by atoms with Crippen molar-refractivity contribution in [3.05, 3.63) is 65.8 Å². The molecule has 0 aliphatic carbocycles. The third-order valence-corrected chi connectivity index (χ3v) is 6.64. The number of nitrogens with one attached hydrogen (secondary N) is 3. The normalized spacial score (nSPS) is 15.9. The summed E-state index contributed by atoms with van der Waals surface area (Å²) in [5.74, 6) is 0.991. The fourth-order valence-corrected chi connectivity index (χ4v) is 4.49. The molecule has 9 nitrogen and oxygen atoms in total. The molecule has 3 N–H and O–H groups in total. The van der Waals surface area contributed by atoms with E-state index in [1.54, 1.807) is 19.1 Å². The molecule has 0 spiro atoms. The first-order chi connectivity index (χ1) is 16.8. The smallest absolute Gasteiger partial charge is 0.412 e. The first-order valence-electron chi connectivity index (χ1n) is 11.5. The SMILES string of the molecule is C=C(C)OC(=O)NCC1(C(=O)N[C@@H](C)c2ccc(Cl)cc2)CCN(c2ncnc3[nH]ccc23)CC1. The number of anilines is 1. The number of aromatic nitrogens is 3. The highest BCUT2D eigenvalue weighted by Gasteiger charge is 2.42. The summed E-state index contributed by atoms with van der Waals surface area (Å²) in [6, 6.07) is 9.10. The summed E-state index contributed by atoms with van der Waals surface area (Å²) in [5, 5.41) is 7.46. The summed E-state index contributed by atoms with van der Waals surface area (Å²) in [7, 11) is 0. The number of halogens is 1. The second-order valence-electron chi connectivity index (χ2n) is 8.90. The molecule has 1 fully saturated rings. The van der Waals surface area contributed by atoms with Crippen molar-refractivity contribution in [2.75, 3.05) is 24.5 Å². The van der Waals surface area contributed by atoms with E-state index in [1.165, 1.54) is 6.33 Å². The van der Waals surface area contributed by atoms with E-state index in [0.717, 1.165) is 22.4 Å². The van der Waals surface area contributed by atoms with Gasteiger partial charge in [-0.15, -0.1) is 0 Å². The van der Waals surface area contributed by atoms with Gasteiger partial charge in [0.15, 0.2) is 0 Å². The molecule has 2 amide bonds. The van der Waals surface area contributed by atoms with Gasteiger partial charge in [0, 0.05) is 30.9 Å². The van der Waals surface area contributed by atoms with Gasteiger partial charge in [0.2, 0.25) is 5.91 Å². The Labute approximate surface area is 208 Å². The number of aromatic amines is 1. The Bertz CT molecular complexity index is 1220. The maximum Gasteiger partial charge on any atom is 0.412 e. The number of alkyl carbamates (subject to hydrolysis) is 1. The number of carbonyl (C=O) groups is 2. The molecule has 1 saturated heterocycles. The van der Waals surface area contributed by atoms with Crippen molar-refractivity contribution in [1.82, 2.24) is 25.6 Å². The van der Waals surface area contributed by atoms with Crippen LogP contribution < -0.4 is 15.5 Å². The van der Waals surface area contributed by atoms with Gasteiger partial charge in [-0.2, -0.15) is 0 Å². The van der Waals surface area contributed by atoms with E-state index in [-0.39, 0.29) is 24.3 Å². The highest BCUT2D eigenvalue weighted by atomic mass is 35.5. The van der Waals surface area contributed by atoms with Crippen LogP contribution in [0.4, 0.5) is 10.6 Å². The van der Waals surface area contributed by atoms with Crippen LogP contribution >= 0.6 is 11.6 Å². The van der Waals surface area contributed by atoms with Crippen LogP contribution in [0.2, 0.25) is 5.02 Å². The van der Waals surface area contributed by atoms with Gasteiger partial charge in [-0.05, 0) is 50.5 Å². The molecule has 184 valence electrons. The van der Waals surface area contributed by atoms with Crippen molar-refractivity contribution in [1.29, 1.82) is 0 Å². The largest absolute Gasteiger partial charge is 0.416 e. The van der Waals surface area contributed by atoms with E-state index < -0.39 is 11.5 Å². The molecule has 1 aliphatic heterocycles. The van der Waals surface area contributed by atoms with Crippen molar-refractivity contribution in [3.63, 3.8) is 0 Å². The lowest BCUT2D eigenvalue weighted by Crippen LogP contribution is -2.54. The molecule has 0 unspecified atom stereocenters. The number of nitrogens with zero attached hydrogens (tertiary/aromatic N) is 3. The van der Waals surface area contributed by atoms with Crippen molar-refractivity contribution in [2.45, 2.75) is 32.7 Å². The molecule has 0 bridgehead atoms. The third kappa shape index (κ3) is 5.57. The van der Waals surface area contributed by atoms with Crippen molar-refractivity contribution in [2.24, 2.45) is 5.41 Å². The minimum absolute atomic E-state index is 0.121. The Morgan fingerprint density at radius 1 is 1.23 bits per heavy atom. The molecule has 10 heteroatoms. The fourth-order valence-electron chi connectivity index (χ4n) is 4.36. The zero-order valence-corrected chi connectivity index (χ0v) is 20.6. The van der Waals surface area contributed by atoms with Crippen molar-refractivity contribution >= 4 is 40.5 Å². The number of piperidine rings is 1. The van der Waals surface area contributed by atoms with E-state index in [0.29, 0.717) is 31.0 Å². The molecule has 4 rings (SSSR count). The van der Waals surface area contributed by atoms with E-state index in [4.69, 9.17) is 16.3 Å². The average Bonchev–Trinajstić information content (AvgIpc) is 3.32. The van der Waals surface area contributed by atoms with Crippen LogP contribution in [0, 0.1) is 5.41 Å². The summed E-state index contributed by atoms with van der Waals surface area (Å²) in [6.45, 7) is 8.45. The minimum atomic E-state index is -0.810. The van der Waals surface area contributed by atoms with Crippen molar-refractivity contribution in [3.8, 4) is 0 Å². The first-order valence-corrected chi connectivity index (χ1v) is 11.9. The highest BCUT2D eigenvalue weighted by molar-refractivity contribution is 6.30.